The molecule has 0 aliphatic heterocycles. The maximum atomic E-state index is 12.8. The lowest BCUT2D eigenvalue weighted by Gasteiger charge is -2.18. The third-order valence-electron chi connectivity index (χ3n) is 10.3. The van der Waals surface area contributed by atoms with Gasteiger partial charge in [-0.05, 0) is 96.3 Å². The molecule has 1 atom stereocenters. The van der Waals surface area contributed by atoms with Crippen molar-refractivity contribution in [1.82, 2.24) is 0 Å². The van der Waals surface area contributed by atoms with Crippen molar-refractivity contribution in [2.75, 3.05) is 13.2 Å². The average Bonchev–Trinajstić information content (AvgIpc) is 3.31. The van der Waals surface area contributed by atoms with Crippen LogP contribution in [0, 0.1) is 0 Å². The molecule has 368 valence electrons. The Bertz CT molecular complexity index is 1510. The van der Waals surface area contributed by atoms with E-state index in [1.807, 2.05) is 72.9 Å². The highest BCUT2D eigenvalue weighted by molar-refractivity contribution is 5.71. The average molecular weight is 909 g/mol. The van der Waals surface area contributed by atoms with Gasteiger partial charge < -0.3 is 14.2 Å². The highest BCUT2D eigenvalue weighted by Crippen LogP contribution is 2.13. The van der Waals surface area contributed by atoms with Crippen molar-refractivity contribution in [3.63, 3.8) is 0 Å². The molecule has 0 spiro atoms. The molecule has 1 unspecified atom stereocenters. The largest absolute Gasteiger partial charge is 0.462 e. The van der Waals surface area contributed by atoms with Gasteiger partial charge in [-0.1, -0.05) is 224 Å². The fourth-order valence-corrected chi connectivity index (χ4v) is 6.40. The zero-order chi connectivity index (χ0) is 47.9. The lowest BCUT2D eigenvalue weighted by Crippen LogP contribution is -2.30. The van der Waals surface area contributed by atoms with E-state index in [0.29, 0.717) is 19.3 Å². The van der Waals surface area contributed by atoms with E-state index in [-0.39, 0.29) is 31.1 Å². The first-order valence-corrected chi connectivity index (χ1v) is 25.9. The Kier molecular flexibility index (Phi) is 49.1. The predicted octanol–water partition coefficient (Wildman–Crippen LogP) is 17.3. The number of ether oxygens (including phenoxy) is 3. The van der Waals surface area contributed by atoms with Gasteiger partial charge in [0.15, 0.2) is 6.10 Å². The van der Waals surface area contributed by atoms with E-state index in [2.05, 4.69) is 93.7 Å². The molecule has 6 nitrogen and oxygen atoms in total. The van der Waals surface area contributed by atoms with Crippen LogP contribution in [-0.4, -0.2) is 37.2 Å². The van der Waals surface area contributed by atoms with Crippen LogP contribution in [0.15, 0.2) is 146 Å². The van der Waals surface area contributed by atoms with Gasteiger partial charge in [0.2, 0.25) is 0 Å². The second-order valence-corrected chi connectivity index (χ2v) is 16.5. The minimum absolute atomic E-state index is 0.112. The number of hydrogen-bond donors (Lipinski definition) is 0. The molecule has 0 aromatic rings. The SMILES string of the molecule is CC\C=C/C=C\C=C/C=C\C=C\C=C/C=C\CCCCCC(=O)OCC(COC(=O)CCCCCC/C=C\CCCC)OC(=O)CCCCCCCC/C=C\C/C=C\C/C=C\C/C=C\CC. The minimum atomic E-state index is -0.815. The Morgan fingerprint density at radius 2 is 0.667 bits per heavy atom. The van der Waals surface area contributed by atoms with Crippen LogP contribution in [0.1, 0.15) is 194 Å². The van der Waals surface area contributed by atoms with Gasteiger partial charge in [0.25, 0.3) is 0 Å². The molecule has 0 N–H and O–H groups in total. The Hall–Kier alpha value is -4.71. The summed E-state index contributed by atoms with van der Waals surface area (Å²) in [4.78, 5) is 38.0. The zero-order valence-corrected chi connectivity index (χ0v) is 41.9. The summed E-state index contributed by atoms with van der Waals surface area (Å²) in [7, 11) is 0. The van der Waals surface area contributed by atoms with Crippen LogP contribution in [0.2, 0.25) is 0 Å². The van der Waals surface area contributed by atoms with Crippen molar-refractivity contribution >= 4 is 17.9 Å². The van der Waals surface area contributed by atoms with Gasteiger partial charge in [0.1, 0.15) is 13.2 Å². The van der Waals surface area contributed by atoms with Crippen LogP contribution in [0.25, 0.3) is 0 Å². The van der Waals surface area contributed by atoms with Crippen LogP contribution in [0.3, 0.4) is 0 Å². The first-order chi connectivity index (χ1) is 32.5. The topological polar surface area (TPSA) is 78.9 Å². The lowest BCUT2D eigenvalue weighted by molar-refractivity contribution is -0.167. The van der Waals surface area contributed by atoms with Crippen molar-refractivity contribution in [2.24, 2.45) is 0 Å². The highest BCUT2D eigenvalue weighted by atomic mass is 16.6. The molecule has 0 saturated heterocycles. The molecule has 0 amide bonds. The normalized spacial score (nSPS) is 13.3. The molecule has 0 aromatic carbocycles. The molecule has 0 rings (SSSR count). The van der Waals surface area contributed by atoms with Gasteiger partial charge in [-0.3, -0.25) is 14.4 Å². The molecule has 0 aromatic heterocycles. The number of allylic oxidation sites excluding steroid dienone is 24. The zero-order valence-electron chi connectivity index (χ0n) is 41.9. The number of carbonyl (C=O) groups is 3. The highest BCUT2D eigenvalue weighted by Gasteiger charge is 2.19. The third kappa shape index (κ3) is 50.3. The summed E-state index contributed by atoms with van der Waals surface area (Å²) in [5.74, 6) is -0.997. The molecule has 0 heterocycles. The van der Waals surface area contributed by atoms with E-state index in [1.165, 1.54) is 25.7 Å². The fourth-order valence-electron chi connectivity index (χ4n) is 6.40. The summed E-state index contributed by atoms with van der Waals surface area (Å²) in [5, 5.41) is 0. The first kappa shape index (κ1) is 61.3. The standard InChI is InChI=1S/C60H92O6/c1-4-7-10-13-16-19-22-24-26-28-30-32-34-36-38-41-44-47-50-53-59(62)65-56-57(55-64-58(61)52-49-46-43-40-21-18-15-12-9-6-3)66-60(63)54-51-48-45-42-39-37-35-33-31-29-27-25-23-20-17-14-11-8-5-2/h7-8,10-11,13,15-20,22,24-28,30-34,36,38,57H,4-6,9,12,14,21,23,29,35,37,39-56H2,1-3H3/b10-7-,11-8-,16-13-,18-15-,20-17-,22-19-,26-24-,27-25-,30-28+,33-31-,34-32-,38-36-. The predicted molar refractivity (Wildman–Crippen MR) is 283 cm³/mol. The number of unbranched alkanes of at least 4 members (excludes halogenated alkanes) is 15. The third-order valence-corrected chi connectivity index (χ3v) is 10.3. The summed E-state index contributed by atoms with van der Waals surface area (Å²) in [6.45, 7) is 6.25. The van der Waals surface area contributed by atoms with Crippen LogP contribution in [0.5, 0.6) is 0 Å². The van der Waals surface area contributed by atoms with E-state index in [0.717, 1.165) is 128 Å². The molecule has 0 saturated carbocycles. The second kappa shape index (κ2) is 52.9. The van der Waals surface area contributed by atoms with Crippen molar-refractivity contribution < 1.29 is 28.6 Å². The van der Waals surface area contributed by atoms with Gasteiger partial charge in [-0.15, -0.1) is 0 Å². The van der Waals surface area contributed by atoms with Gasteiger partial charge >= 0.3 is 17.9 Å². The molecule has 0 fully saturated rings. The number of esters is 3. The molecular formula is C60H92O6. The smallest absolute Gasteiger partial charge is 0.306 e. The van der Waals surface area contributed by atoms with Gasteiger partial charge in [0, 0.05) is 19.3 Å². The van der Waals surface area contributed by atoms with Gasteiger partial charge in [0.05, 0.1) is 0 Å². The van der Waals surface area contributed by atoms with Crippen LogP contribution in [0.4, 0.5) is 0 Å². The van der Waals surface area contributed by atoms with Crippen molar-refractivity contribution in [2.45, 2.75) is 200 Å². The van der Waals surface area contributed by atoms with E-state index < -0.39 is 6.10 Å². The summed E-state index contributed by atoms with van der Waals surface area (Å²) in [5.41, 5.74) is 0. The Morgan fingerprint density at radius 3 is 1.14 bits per heavy atom. The maximum absolute atomic E-state index is 12.8. The Labute approximate surface area is 404 Å². The van der Waals surface area contributed by atoms with E-state index in [9.17, 15) is 14.4 Å². The Morgan fingerprint density at radius 1 is 0.333 bits per heavy atom. The van der Waals surface area contributed by atoms with Crippen molar-refractivity contribution in [1.29, 1.82) is 0 Å². The molecule has 0 radical (unpaired) electrons. The quantitative estimate of drug-likeness (QED) is 0.0199. The van der Waals surface area contributed by atoms with Crippen molar-refractivity contribution in [3.05, 3.63) is 146 Å². The molecule has 0 bridgehead atoms. The molecule has 0 aliphatic rings. The van der Waals surface area contributed by atoms with E-state index >= 15 is 0 Å². The molecular weight excluding hydrogens is 817 g/mol. The number of rotatable bonds is 44. The first-order valence-electron chi connectivity index (χ1n) is 25.9. The summed E-state index contributed by atoms with van der Waals surface area (Å²) < 4.78 is 16.7. The van der Waals surface area contributed by atoms with Crippen LogP contribution in [-0.2, 0) is 28.6 Å². The summed E-state index contributed by atoms with van der Waals surface area (Å²) in [6.07, 6.45) is 75.4. The second-order valence-electron chi connectivity index (χ2n) is 16.5. The summed E-state index contributed by atoms with van der Waals surface area (Å²) in [6, 6.07) is 0. The minimum Gasteiger partial charge on any atom is -0.462 e. The van der Waals surface area contributed by atoms with E-state index in [4.69, 9.17) is 14.2 Å². The lowest BCUT2D eigenvalue weighted by atomic mass is 10.1. The number of carbonyl (C=O) groups excluding carboxylic acids is 3. The van der Waals surface area contributed by atoms with E-state index in [1.54, 1.807) is 0 Å². The maximum Gasteiger partial charge on any atom is 0.306 e. The van der Waals surface area contributed by atoms with Crippen LogP contribution >= 0.6 is 0 Å². The van der Waals surface area contributed by atoms with Gasteiger partial charge in [-0.25, -0.2) is 0 Å². The monoisotopic (exact) mass is 909 g/mol. The molecule has 66 heavy (non-hydrogen) atoms. The van der Waals surface area contributed by atoms with Crippen LogP contribution < -0.4 is 0 Å². The molecule has 6 heteroatoms. The molecule has 0 aliphatic carbocycles. The summed E-state index contributed by atoms with van der Waals surface area (Å²) >= 11 is 0. The van der Waals surface area contributed by atoms with Gasteiger partial charge in [-0.2, -0.15) is 0 Å². The fraction of sp³-hybridized carbons (Fsp3) is 0.550. The number of hydrogen-bond acceptors (Lipinski definition) is 6. The van der Waals surface area contributed by atoms with Crippen molar-refractivity contribution in [3.8, 4) is 0 Å². The Balaban J connectivity index is 4.52.